The average Bonchev–Trinajstić information content (AvgIpc) is 2.33. The first-order valence-electron chi connectivity index (χ1n) is 5.12. The highest BCUT2D eigenvalue weighted by molar-refractivity contribution is 6.28. The minimum atomic E-state index is -0.399. The van der Waals surface area contributed by atoms with Crippen molar-refractivity contribution in [3.63, 3.8) is 0 Å². The molecule has 94 valence electrons. The molecule has 2 rings (SSSR count). The Balaban J connectivity index is 2.33. The number of aromatic nitrogens is 3. The van der Waals surface area contributed by atoms with Crippen LogP contribution in [0.1, 0.15) is 5.56 Å². The predicted molar refractivity (Wildman–Crippen MR) is 65.6 cm³/mol. The van der Waals surface area contributed by atoms with Crippen molar-refractivity contribution < 1.29 is 9.13 Å². The number of halogens is 2. The van der Waals surface area contributed by atoms with Crippen LogP contribution in [0.2, 0.25) is 5.28 Å². The van der Waals surface area contributed by atoms with Crippen molar-refractivity contribution in [2.45, 2.75) is 6.92 Å². The number of anilines is 1. The average molecular weight is 269 g/mol. The summed E-state index contributed by atoms with van der Waals surface area (Å²) < 4.78 is 18.5. The van der Waals surface area contributed by atoms with E-state index in [0.29, 0.717) is 5.75 Å². The zero-order valence-electron chi connectivity index (χ0n) is 9.74. The summed E-state index contributed by atoms with van der Waals surface area (Å²) in [5.74, 6) is 0.211. The van der Waals surface area contributed by atoms with E-state index in [2.05, 4.69) is 20.3 Å². The summed E-state index contributed by atoms with van der Waals surface area (Å²) in [5, 5.41) is 2.72. The van der Waals surface area contributed by atoms with Gasteiger partial charge < -0.3 is 10.1 Å². The lowest BCUT2D eigenvalue weighted by Crippen LogP contribution is -2.01. The fourth-order valence-electron chi connectivity index (χ4n) is 1.27. The molecule has 0 saturated heterocycles. The van der Waals surface area contributed by atoms with E-state index in [1.165, 1.54) is 12.1 Å². The number of hydrogen-bond acceptors (Lipinski definition) is 5. The van der Waals surface area contributed by atoms with E-state index in [1.807, 2.05) is 0 Å². The van der Waals surface area contributed by atoms with E-state index < -0.39 is 5.82 Å². The molecule has 1 N–H and O–H groups in total. The minimum Gasteiger partial charge on any atom is -0.424 e. The van der Waals surface area contributed by atoms with Crippen molar-refractivity contribution in [1.82, 2.24) is 15.0 Å². The molecule has 5 nitrogen and oxygen atoms in total. The summed E-state index contributed by atoms with van der Waals surface area (Å²) in [4.78, 5) is 11.6. The number of benzene rings is 1. The summed E-state index contributed by atoms with van der Waals surface area (Å²) >= 11 is 5.71. The van der Waals surface area contributed by atoms with Crippen molar-refractivity contribution in [3.8, 4) is 11.8 Å². The standard InChI is InChI=1S/C11H10ClFN4O/c1-6-3-4-7(13)5-8(6)18-11-16-9(12)15-10(14-2)17-11/h3-5H,1-2H3,(H,14,15,16,17). The van der Waals surface area contributed by atoms with Gasteiger partial charge in [-0.25, -0.2) is 4.39 Å². The summed E-state index contributed by atoms with van der Waals surface area (Å²) in [6, 6.07) is 4.22. The third-order valence-electron chi connectivity index (χ3n) is 2.16. The molecule has 0 bridgehead atoms. The van der Waals surface area contributed by atoms with Gasteiger partial charge in [-0.2, -0.15) is 15.0 Å². The topological polar surface area (TPSA) is 59.9 Å². The molecular weight excluding hydrogens is 259 g/mol. The van der Waals surface area contributed by atoms with Crippen LogP contribution in [0.3, 0.4) is 0 Å². The molecule has 1 heterocycles. The Morgan fingerprint density at radius 1 is 1.28 bits per heavy atom. The SMILES string of the molecule is CNc1nc(Cl)nc(Oc2cc(F)ccc2C)n1. The van der Waals surface area contributed by atoms with Gasteiger partial charge in [-0.3, -0.25) is 0 Å². The molecule has 1 aromatic carbocycles. The summed E-state index contributed by atoms with van der Waals surface area (Å²) in [6.45, 7) is 1.79. The first kappa shape index (κ1) is 12.5. The van der Waals surface area contributed by atoms with Crippen molar-refractivity contribution in [2.75, 3.05) is 12.4 Å². The maximum absolute atomic E-state index is 13.1. The zero-order chi connectivity index (χ0) is 13.1. The van der Waals surface area contributed by atoms with Crippen LogP contribution in [0, 0.1) is 12.7 Å². The lowest BCUT2D eigenvalue weighted by molar-refractivity contribution is 0.433. The van der Waals surface area contributed by atoms with E-state index in [9.17, 15) is 4.39 Å². The van der Waals surface area contributed by atoms with Gasteiger partial charge in [-0.05, 0) is 30.2 Å². The summed E-state index contributed by atoms with van der Waals surface area (Å²) in [5.41, 5.74) is 0.763. The van der Waals surface area contributed by atoms with Gasteiger partial charge in [-0.15, -0.1) is 0 Å². The highest BCUT2D eigenvalue weighted by Gasteiger charge is 2.08. The third kappa shape index (κ3) is 2.84. The van der Waals surface area contributed by atoms with Gasteiger partial charge in [0.15, 0.2) is 0 Å². The second-order valence-corrected chi connectivity index (χ2v) is 3.81. The van der Waals surface area contributed by atoms with E-state index in [4.69, 9.17) is 16.3 Å². The molecule has 18 heavy (non-hydrogen) atoms. The lowest BCUT2D eigenvalue weighted by atomic mass is 10.2. The van der Waals surface area contributed by atoms with Gasteiger partial charge >= 0.3 is 6.01 Å². The van der Waals surface area contributed by atoms with Crippen molar-refractivity contribution in [3.05, 3.63) is 34.9 Å². The van der Waals surface area contributed by atoms with Crippen LogP contribution in [0.25, 0.3) is 0 Å². The van der Waals surface area contributed by atoms with Gasteiger partial charge in [0.2, 0.25) is 11.2 Å². The number of aryl methyl sites for hydroxylation is 1. The van der Waals surface area contributed by atoms with Crippen molar-refractivity contribution in [1.29, 1.82) is 0 Å². The molecule has 0 unspecified atom stereocenters. The third-order valence-corrected chi connectivity index (χ3v) is 2.33. The molecule has 1 aromatic heterocycles. The highest BCUT2D eigenvalue weighted by atomic mass is 35.5. The molecule has 0 radical (unpaired) electrons. The van der Waals surface area contributed by atoms with Crippen molar-refractivity contribution in [2.24, 2.45) is 0 Å². The number of hydrogen-bond donors (Lipinski definition) is 1. The molecule has 0 saturated carbocycles. The Kier molecular flexibility index (Phi) is 3.57. The van der Waals surface area contributed by atoms with Crippen LogP contribution in [-0.2, 0) is 0 Å². The molecular formula is C11H10ClFN4O. The van der Waals surface area contributed by atoms with Crippen molar-refractivity contribution >= 4 is 17.5 Å². The fourth-order valence-corrected chi connectivity index (χ4v) is 1.42. The van der Waals surface area contributed by atoms with Crippen LogP contribution in [0.15, 0.2) is 18.2 Å². The largest absolute Gasteiger partial charge is 0.424 e. The first-order chi connectivity index (χ1) is 8.58. The number of rotatable bonds is 3. The Morgan fingerprint density at radius 3 is 2.78 bits per heavy atom. The normalized spacial score (nSPS) is 10.2. The molecule has 0 aliphatic carbocycles. The molecule has 0 atom stereocenters. The Labute approximate surface area is 108 Å². The molecule has 0 fully saturated rings. The second-order valence-electron chi connectivity index (χ2n) is 3.47. The zero-order valence-corrected chi connectivity index (χ0v) is 10.5. The second kappa shape index (κ2) is 5.14. The van der Waals surface area contributed by atoms with E-state index >= 15 is 0 Å². The molecule has 0 amide bonds. The van der Waals surface area contributed by atoms with Crippen LogP contribution >= 0.6 is 11.6 Å². The molecule has 7 heteroatoms. The summed E-state index contributed by atoms with van der Waals surface area (Å²) in [7, 11) is 1.64. The molecule has 0 aliphatic rings. The Bertz CT molecular complexity index is 579. The number of ether oxygens (including phenoxy) is 1. The van der Waals surface area contributed by atoms with E-state index in [-0.39, 0.29) is 17.2 Å². The predicted octanol–water partition coefficient (Wildman–Crippen LogP) is 2.81. The lowest BCUT2D eigenvalue weighted by Gasteiger charge is -2.07. The number of nitrogens with zero attached hydrogens (tertiary/aromatic N) is 3. The molecule has 0 aliphatic heterocycles. The monoisotopic (exact) mass is 268 g/mol. The highest BCUT2D eigenvalue weighted by Crippen LogP contribution is 2.24. The molecule has 0 spiro atoms. The minimum absolute atomic E-state index is 0.00148. The van der Waals surface area contributed by atoms with Gasteiger partial charge in [0.05, 0.1) is 0 Å². The maximum Gasteiger partial charge on any atom is 0.328 e. The smallest absolute Gasteiger partial charge is 0.328 e. The van der Waals surface area contributed by atoms with Crippen LogP contribution in [-0.4, -0.2) is 22.0 Å². The molecule has 2 aromatic rings. The number of nitrogens with one attached hydrogen (secondary N) is 1. The van der Waals surface area contributed by atoms with Gasteiger partial charge in [-0.1, -0.05) is 6.07 Å². The van der Waals surface area contributed by atoms with Gasteiger partial charge in [0.25, 0.3) is 0 Å². The van der Waals surface area contributed by atoms with Crippen LogP contribution in [0.4, 0.5) is 10.3 Å². The van der Waals surface area contributed by atoms with Gasteiger partial charge in [0, 0.05) is 13.1 Å². The van der Waals surface area contributed by atoms with Crippen LogP contribution < -0.4 is 10.1 Å². The van der Waals surface area contributed by atoms with E-state index in [0.717, 1.165) is 5.56 Å². The Morgan fingerprint density at radius 2 is 2.06 bits per heavy atom. The quantitative estimate of drug-likeness (QED) is 0.927. The van der Waals surface area contributed by atoms with Crippen LogP contribution in [0.5, 0.6) is 11.8 Å². The van der Waals surface area contributed by atoms with Gasteiger partial charge in [0.1, 0.15) is 11.6 Å². The maximum atomic E-state index is 13.1. The Hall–Kier alpha value is -1.95. The first-order valence-corrected chi connectivity index (χ1v) is 5.49. The summed E-state index contributed by atoms with van der Waals surface area (Å²) in [6.07, 6.45) is 0. The fraction of sp³-hybridized carbons (Fsp3) is 0.182. The van der Waals surface area contributed by atoms with E-state index in [1.54, 1.807) is 20.0 Å².